The molecule has 3 heterocycles. The summed E-state index contributed by atoms with van der Waals surface area (Å²) in [7, 11) is 0. The highest BCUT2D eigenvalue weighted by atomic mass is 16.8. The minimum absolute atomic E-state index is 0.233. The van der Waals surface area contributed by atoms with Crippen LogP contribution in [0.1, 0.15) is 406 Å². The SMILES string of the molecule is CCCCCCC/C=C\C/C=C\CCCCCCCCCCCCCCCCCCCCCCCCCCCC(=O)NC(COC1OC(CO)C(OC2OC(CO)C(OC3OC(CO)C(O)C(O)C3O)C(O)C2O)C(O)C1O)C(O)CCCCCCCCCCCCCCCCCCCCCCCCCCCC. The molecule has 1 amide bonds. The summed E-state index contributed by atoms with van der Waals surface area (Å²) in [5.74, 6) is -0.233. The molecule has 17 atom stereocenters. The number of amides is 1. The number of allylic oxidation sites excluding steroid dienone is 4. The Kier molecular flexibility index (Phi) is 64.7. The van der Waals surface area contributed by atoms with Gasteiger partial charge in [0.25, 0.3) is 0 Å². The standard InChI is InChI=1S/C89H169NO18/c1-3-5-7-9-11-13-15-17-19-21-23-25-27-29-31-32-33-34-35-36-37-38-39-40-41-43-45-47-49-51-53-55-57-59-61-63-65-67-77(95)90-72(73(94)66-64-62-60-58-56-54-52-50-48-46-44-42-30-28-26-24-22-20-18-16-14-12-10-8-6-4-2)71-103-87-83(101)80(98)85(75(69-92)105-87)108-89-84(102)81(99)86(76(70-93)106-89)107-88-82(100)79(97)78(96)74(68-91)104-88/h15,17,21,23,72-76,78-89,91-94,96-102H,3-14,16,18-20,22,24-71H2,1-2H3,(H,90,95)/b17-15-,23-21-. The van der Waals surface area contributed by atoms with Gasteiger partial charge in [-0.15, -0.1) is 0 Å². The first-order valence-corrected chi connectivity index (χ1v) is 45.6. The third-order valence-corrected chi connectivity index (χ3v) is 23.0. The molecule has 3 saturated heterocycles. The minimum atomic E-state index is -1.97. The highest BCUT2D eigenvalue weighted by Gasteiger charge is 2.54. The van der Waals surface area contributed by atoms with E-state index in [-0.39, 0.29) is 18.9 Å². The summed E-state index contributed by atoms with van der Waals surface area (Å²) in [6, 6.07) is -0.886. The van der Waals surface area contributed by atoms with Crippen LogP contribution in [0.3, 0.4) is 0 Å². The van der Waals surface area contributed by atoms with Crippen molar-refractivity contribution in [2.75, 3.05) is 26.4 Å². The molecule has 3 fully saturated rings. The van der Waals surface area contributed by atoms with Crippen LogP contribution in [0.25, 0.3) is 0 Å². The first-order valence-electron chi connectivity index (χ1n) is 45.6. The van der Waals surface area contributed by atoms with E-state index >= 15 is 0 Å². The van der Waals surface area contributed by atoms with Gasteiger partial charge < -0.3 is 89.9 Å². The monoisotopic (exact) mass is 1540 g/mol. The summed E-state index contributed by atoms with van der Waals surface area (Å²) in [6.07, 6.45) is 60.1. The first kappa shape index (κ1) is 100. The van der Waals surface area contributed by atoms with Gasteiger partial charge in [0.2, 0.25) is 5.91 Å². The van der Waals surface area contributed by atoms with E-state index in [0.29, 0.717) is 12.8 Å². The van der Waals surface area contributed by atoms with Crippen molar-refractivity contribution in [1.29, 1.82) is 0 Å². The van der Waals surface area contributed by atoms with Gasteiger partial charge in [0.1, 0.15) is 73.2 Å². The average Bonchev–Trinajstić information content (AvgIpc) is 0.779. The smallest absolute Gasteiger partial charge is 0.220 e. The number of carbonyl (C=O) groups excluding carboxylic acids is 1. The fourth-order valence-electron chi connectivity index (χ4n) is 15.8. The second kappa shape index (κ2) is 69.6. The maximum Gasteiger partial charge on any atom is 0.220 e. The van der Waals surface area contributed by atoms with Gasteiger partial charge in [-0.3, -0.25) is 4.79 Å². The highest BCUT2D eigenvalue weighted by molar-refractivity contribution is 5.76. The lowest BCUT2D eigenvalue weighted by Gasteiger charge is -2.48. The van der Waals surface area contributed by atoms with E-state index in [9.17, 15) is 61.0 Å². The van der Waals surface area contributed by atoms with Crippen molar-refractivity contribution in [2.24, 2.45) is 0 Å². The molecule has 638 valence electrons. The maximum atomic E-state index is 13.5. The fraction of sp³-hybridized carbons (Fsp3) is 0.944. The Hall–Kier alpha value is -1.73. The van der Waals surface area contributed by atoms with E-state index < -0.39 is 124 Å². The second-order valence-corrected chi connectivity index (χ2v) is 32.8. The number of carbonyl (C=O) groups is 1. The van der Waals surface area contributed by atoms with E-state index in [2.05, 4.69) is 43.5 Å². The van der Waals surface area contributed by atoms with E-state index in [4.69, 9.17) is 28.4 Å². The number of aliphatic hydroxyl groups is 11. The van der Waals surface area contributed by atoms with Crippen LogP contribution in [0.15, 0.2) is 24.3 Å². The zero-order valence-corrected chi connectivity index (χ0v) is 68.9. The van der Waals surface area contributed by atoms with Gasteiger partial charge in [0.15, 0.2) is 18.9 Å². The maximum absolute atomic E-state index is 13.5. The zero-order valence-electron chi connectivity index (χ0n) is 68.9. The average molecular weight is 1540 g/mol. The minimum Gasteiger partial charge on any atom is -0.394 e. The normalized spacial score (nSPS) is 25.4. The third kappa shape index (κ3) is 48.0. The lowest BCUT2D eigenvalue weighted by atomic mass is 9.96. The Labute approximate surface area is 658 Å². The predicted molar refractivity (Wildman–Crippen MR) is 434 cm³/mol. The number of nitrogens with one attached hydrogen (secondary N) is 1. The van der Waals surface area contributed by atoms with Crippen molar-refractivity contribution in [3.05, 3.63) is 24.3 Å². The number of unbranched alkanes of at least 4 members (excludes halogenated alkanes) is 55. The molecule has 3 aliphatic heterocycles. The van der Waals surface area contributed by atoms with Crippen molar-refractivity contribution >= 4 is 5.91 Å². The number of hydrogen-bond donors (Lipinski definition) is 12. The molecule has 0 radical (unpaired) electrons. The van der Waals surface area contributed by atoms with E-state index in [0.717, 1.165) is 51.4 Å². The number of rotatable bonds is 75. The van der Waals surface area contributed by atoms with Crippen LogP contribution in [-0.4, -0.2) is 193 Å². The van der Waals surface area contributed by atoms with Crippen LogP contribution in [0.4, 0.5) is 0 Å². The molecule has 12 N–H and O–H groups in total. The number of ether oxygens (including phenoxy) is 6. The Morgan fingerprint density at radius 3 is 0.944 bits per heavy atom. The van der Waals surface area contributed by atoms with Crippen LogP contribution in [0.5, 0.6) is 0 Å². The fourth-order valence-corrected chi connectivity index (χ4v) is 15.8. The van der Waals surface area contributed by atoms with Crippen LogP contribution in [0.2, 0.25) is 0 Å². The summed E-state index contributed by atoms with van der Waals surface area (Å²) in [5.41, 5.74) is 0. The lowest BCUT2D eigenvalue weighted by Crippen LogP contribution is -2.66. The molecule has 0 aromatic heterocycles. The van der Waals surface area contributed by atoms with Crippen LogP contribution in [-0.2, 0) is 33.2 Å². The van der Waals surface area contributed by atoms with Crippen LogP contribution < -0.4 is 5.32 Å². The Morgan fingerprint density at radius 2 is 0.611 bits per heavy atom. The third-order valence-electron chi connectivity index (χ3n) is 23.0. The van der Waals surface area contributed by atoms with Crippen molar-refractivity contribution in [1.82, 2.24) is 5.32 Å². The molecule has 0 aliphatic carbocycles. The second-order valence-electron chi connectivity index (χ2n) is 32.8. The Balaban J connectivity index is 1.30. The molecular formula is C89H169NO18. The van der Waals surface area contributed by atoms with E-state index in [1.807, 2.05) is 0 Å². The molecule has 0 bridgehead atoms. The molecule has 17 unspecified atom stereocenters. The van der Waals surface area contributed by atoms with Gasteiger partial charge in [-0.05, 0) is 44.9 Å². The van der Waals surface area contributed by atoms with Crippen LogP contribution >= 0.6 is 0 Å². The summed E-state index contributed by atoms with van der Waals surface area (Å²) >= 11 is 0. The topological polar surface area (TPSA) is 307 Å². The number of hydrogen-bond acceptors (Lipinski definition) is 18. The van der Waals surface area contributed by atoms with Gasteiger partial charge in [-0.2, -0.15) is 0 Å². The first-order chi connectivity index (χ1) is 52.8. The molecule has 3 aliphatic rings. The van der Waals surface area contributed by atoms with E-state index in [1.165, 1.54) is 321 Å². The summed E-state index contributed by atoms with van der Waals surface area (Å²) in [6.45, 7) is 1.87. The molecule has 19 nitrogen and oxygen atoms in total. The summed E-state index contributed by atoms with van der Waals surface area (Å²) in [5, 5.41) is 121. The van der Waals surface area contributed by atoms with Gasteiger partial charge in [-0.1, -0.05) is 378 Å². The van der Waals surface area contributed by atoms with Gasteiger partial charge in [0.05, 0.1) is 38.6 Å². The van der Waals surface area contributed by atoms with Gasteiger partial charge in [-0.25, -0.2) is 0 Å². The van der Waals surface area contributed by atoms with Gasteiger partial charge in [0, 0.05) is 6.42 Å². The predicted octanol–water partition coefficient (Wildman–Crippen LogP) is 17.2. The van der Waals surface area contributed by atoms with E-state index in [1.54, 1.807) is 0 Å². The molecule has 0 spiro atoms. The summed E-state index contributed by atoms with van der Waals surface area (Å²) < 4.78 is 34.6. The molecule has 108 heavy (non-hydrogen) atoms. The molecular weight excluding hydrogens is 1370 g/mol. The Bertz CT molecular complexity index is 2040. The van der Waals surface area contributed by atoms with Crippen LogP contribution in [0, 0.1) is 0 Å². The largest absolute Gasteiger partial charge is 0.394 e. The Morgan fingerprint density at radius 1 is 0.333 bits per heavy atom. The zero-order chi connectivity index (χ0) is 78.1. The molecule has 0 aromatic rings. The quantitative estimate of drug-likeness (QED) is 0.0199. The van der Waals surface area contributed by atoms with Crippen molar-refractivity contribution in [3.63, 3.8) is 0 Å². The highest BCUT2D eigenvalue weighted by Crippen LogP contribution is 2.34. The van der Waals surface area contributed by atoms with Crippen molar-refractivity contribution in [3.8, 4) is 0 Å². The van der Waals surface area contributed by atoms with Gasteiger partial charge >= 0.3 is 0 Å². The van der Waals surface area contributed by atoms with Crippen molar-refractivity contribution < 1.29 is 89.4 Å². The van der Waals surface area contributed by atoms with Crippen molar-refractivity contribution in [2.45, 2.75) is 510 Å². The molecule has 19 heteroatoms. The lowest BCUT2D eigenvalue weighted by molar-refractivity contribution is -0.379. The molecule has 3 rings (SSSR count). The summed E-state index contributed by atoms with van der Waals surface area (Å²) in [4.78, 5) is 13.5. The molecule has 0 aromatic carbocycles. The molecule has 0 saturated carbocycles. The number of aliphatic hydroxyl groups excluding tert-OH is 11.